The van der Waals surface area contributed by atoms with Crippen molar-refractivity contribution in [2.75, 3.05) is 49.8 Å². The molecule has 0 unspecified atom stereocenters. The van der Waals surface area contributed by atoms with Gasteiger partial charge in [-0.3, -0.25) is 4.79 Å². The topological polar surface area (TPSA) is 132 Å². The molecule has 0 spiro atoms. The van der Waals surface area contributed by atoms with Crippen molar-refractivity contribution in [3.8, 4) is 11.8 Å². The molecule has 38 heavy (non-hydrogen) atoms. The highest BCUT2D eigenvalue weighted by Gasteiger charge is 2.16. The van der Waals surface area contributed by atoms with Crippen molar-refractivity contribution in [2.45, 2.75) is 20.0 Å². The van der Waals surface area contributed by atoms with E-state index in [1.165, 1.54) is 6.20 Å². The Bertz CT molecular complexity index is 1350. The van der Waals surface area contributed by atoms with Gasteiger partial charge in [-0.15, -0.1) is 0 Å². The molecule has 0 saturated carbocycles. The average Bonchev–Trinajstić information content (AvgIpc) is 2.88. The number of aromatic nitrogens is 2. The van der Waals surface area contributed by atoms with Crippen LogP contribution in [-0.4, -0.2) is 61.1 Å². The van der Waals surface area contributed by atoms with Crippen LogP contribution in [0.5, 0.6) is 5.75 Å². The number of hydrogen-bond donors (Lipinski definition) is 3. The molecule has 0 aliphatic heterocycles. The minimum atomic E-state index is -0.633. The second-order valence-electron chi connectivity index (χ2n) is 9.28. The van der Waals surface area contributed by atoms with E-state index >= 15 is 0 Å². The summed E-state index contributed by atoms with van der Waals surface area (Å²) in [6, 6.07) is 15.1. The minimum absolute atomic E-state index is 0.0299. The Hall–Kier alpha value is -4.62. The van der Waals surface area contributed by atoms with Gasteiger partial charge >= 0.3 is 0 Å². The Morgan fingerprint density at radius 1 is 1.13 bits per heavy atom. The number of primary amides is 1. The van der Waals surface area contributed by atoms with Crippen molar-refractivity contribution < 1.29 is 9.53 Å². The number of nitrogens with zero attached hydrogens (tertiary/aromatic N) is 5. The van der Waals surface area contributed by atoms with Crippen LogP contribution in [0.15, 0.2) is 55.2 Å². The Morgan fingerprint density at radius 2 is 1.87 bits per heavy atom. The summed E-state index contributed by atoms with van der Waals surface area (Å²) in [7, 11) is 6.00. The van der Waals surface area contributed by atoms with E-state index in [2.05, 4.69) is 43.0 Å². The number of nitriles is 1. The van der Waals surface area contributed by atoms with Gasteiger partial charge in [-0.05, 0) is 58.3 Å². The number of nitrogens with two attached hydrogens (primary N) is 1. The van der Waals surface area contributed by atoms with E-state index in [4.69, 9.17) is 10.5 Å². The zero-order chi connectivity index (χ0) is 27.8. The van der Waals surface area contributed by atoms with Crippen LogP contribution >= 0.6 is 0 Å². The third-order valence-electron chi connectivity index (χ3n) is 5.61. The number of likely N-dealkylation sites (N-methyl/N-ethyl adjacent to an activating group) is 2. The van der Waals surface area contributed by atoms with E-state index in [-0.39, 0.29) is 23.2 Å². The summed E-state index contributed by atoms with van der Waals surface area (Å²) in [4.78, 5) is 25.0. The summed E-state index contributed by atoms with van der Waals surface area (Å²) < 4.78 is 5.88. The number of amides is 1. The molecule has 0 saturated heterocycles. The summed E-state index contributed by atoms with van der Waals surface area (Å²) in [6.45, 7) is 9.41. The van der Waals surface area contributed by atoms with Gasteiger partial charge in [0.05, 0.1) is 18.0 Å². The van der Waals surface area contributed by atoms with Crippen LogP contribution in [0.2, 0.25) is 0 Å². The van der Waals surface area contributed by atoms with Crippen molar-refractivity contribution in [1.82, 2.24) is 14.9 Å². The third kappa shape index (κ3) is 7.21. The quantitative estimate of drug-likeness (QED) is 0.305. The molecule has 4 N–H and O–H groups in total. The second kappa shape index (κ2) is 12.6. The number of para-hydroxylation sites is 2. The molecule has 1 heterocycles. The molecule has 10 nitrogen and oxygen atoms in total. The van der Waals surface area contributed by atoms with Crippen molar-refractivity contribution in [3.05, 3.63) is 66.4 Å². The fraction of sp³-hybridized carbons (Fsp3) is 0.286. The van der Waals surface area contributed by atoms with Gasteiger partial charge in [0, 0.05) is 42.6 Å². The van der Waals surface area contributed by atoms with Crippen LogP contribution in [0, 0.1) is 11.3 Å². The van der Waals surface area contributed by atoms with Crippen LogP contribution in [0.4, 0.5) is 28.8 Å². The lowest BCUT2D eigenvalue weighted by molar-refractivity contribution is -0.112. The lowest BCUT2D eigenvalue weighted by atomic mass is 10.0. The van der Waals surface area contributed by atoms with Gasteiger partial charge in [0.2, 0.25) is 11.9 Å². The van der Waals surface area contributed by atoms with E-state index in [0.29, 0.717) is 28.5 Å². The van der Waals surface area contributed by atoms with Crippen LogP contribution in [0.25, 0.3) is 5.57 Å². The van der Waals surface area contributed by atoms with Gasteiger partial charge < -0.3 is 30.9 Å². The molecule has 0 radical (unpaired) electrons. The summed E-state index contributed by atoms with van der Waals surface area (Å²) in [5.74, 6) is 0.528. The highest BCUT2D eigenvalue weighted by Crippen LogP contribution is 2.32. The van der Waals surface area contributed by atoms with Crippen molar-refractivity contribution in [1.29, 1.82) is 5.26 Å². The first-order chi connectivity index (χ1) is 18.1. The first-order valence-electron chi connectivity index (χ1n) is 12.1. The van der Waals surface area contributed by atoms with E-state index in [0.717, 1.165) is 18.8 Å². The maximum atomic E-state index is 12.0. The number of nitrogens with one attached hydrogen (secondary N) is 2. The SMILES string of the molecule is C=C(C(N)=O)c1cc(N(C)CCN(C)C)ccc1Nc1ncc(C#N)c(Nc2ccccc2OC(C)C)n1. The first kappa shape index (κ1) is 28.0. The van der Waals surface area contributed by atoms with Gasteiger partial charge in [0.25, 0.3) is 0 Å². The lowest BCUT2D eigenvalue weighted by Gasteiger charge is -2.23. The van der Waals surface area contributed by atoms with Gasteiger partial charge in [-0.2, -0.15) is 10.2 Å². The molecular weight excluding hydrogens is 480 g/mol. The molecule has 198 valence electrons. The van der Waals surface area contributed by atoms with Gasteiger partial charge in [-0.25, -0.2) is 4.98 Å². The molecule has 10 heteroatoms. The monoisotopic (exact) mass is 514 g/mol. The van der Waals surface area contributed by atoms with Crippen LogP contribution in [-0.2, 0) is 4.79 Å². The van der Waals surface area contributed by atoms with Crippen molar-refractivity contribution in [3.63, 3.8) is 0 Å². The van der Waals surface area contributed by atoms with Crippen molar-refractivity contribution in [2.24, 2.45) is 5.73 Å². The molecule has 2 aromatic carbocycles. The number of carbonyl (C=O) groups excluding carboxylic acids is 1. The number of carbonyl (C=O) groups is 1. The van der Waals surface area contributed by atoms with Gasteiger partial charge in [0.15, 0.2) is 5.82 Å². The fourth-order valence-electron chi connectivity index (χ4n) is 3.53. The summed E-state index contributed by atoms with van der Waals surface area (Å²) >= 11 is 0. The molecule has 1 amide bonds. The predicted octanol–water partition coefficient (Wildman–Crippen LogP) is 4.12. The van der Waals surface area contributed by atoms with E-state index in [9.17, 15) is 10.1 Å². The van der Waals surface area contributed by atoms with Crippen molar-refractivity contribution >= 4 is 40.3 Å². The Labute approximate surface area is 223 Å². The highest BCUT2D eigenvalue weighted by molar-refractivity contribution is 6.19. The Kier molecular flexibility index (Phi) is 9.24. The molecule has 0 atom stereocenters. The molecular formula is C28H34N8O2. The van der Waals surface area contributed by atoms with Crippen LogP contribution < -0.4 is 26.0 Å². The summed E-state index contributed by atoms with van der Waals surface area (Å²) in [6.07, 6.45) is 1.40. The number of ether oxygens (including phenoxy) is 1. The predicted molar refractivity (Wildman–Crippen MR) is 152 cm³/mol. The highest BCUT2D eigenvalue weighted by atomic mass is 16.5. The van der Waals surface area contributed by atoms with Gasteiger partial charge in [-0.1, -0.05) is 18.7 Å². The lowest BCUT2D eigenvalue weighted by Crippen LogP contribution is -2.28. The minimum Gasteiger partial charge on any atom is -0.489 e. The molecule has 0 bridgehead atoms. The number of anilines is 5. The van der Waals surface area contributed by atoms with E-state index < -0.39 is 5.91 Å². The molecule has 0 fully saturated rings. The summed E-state index contributed by atoms with van der Waals surface area (Å²) in [5.41, 5.74) is 8.64. The zero-order valence-corrected chi connectivity index (χ0v) is 22.4. The standard InChI is InChI=1S/C28H34N8O2/c1-18(2)38-25-10-8-7-9-24(25)32-27-20(16-29)17-31-28(34-27)33-23-12-11-21(36(6)14-13-35(4)5)15-22(23)19(3)26(30)37/h7-12,15,17-18H,3,13-14H2,1-2,4-6H3,(H2,30,37)(H2,31,32,33,34). The van der Waals surface area contributed by atoms with Crippen LogP contribution in [0.3, 0.4) is 0 Å². The third-order valence-corrected chi connectivity index (χ3v) is 5.61. The first-order valence-corrected chi connectivity index (χ1v) is 12.1. The Morgan fingerprint density at radius 3 is 2.53 bits per heavy atom. The smallest absolute Gasteiger partial charge is 0.248 e. The normalized spacial score (nSPS) is 10.7. The molecule has 3 rings (SSSR count). The number of hydrogen-bond acceptors (Lipinski definition) is 9. The fourth-order valence-corrected chi connectivity index (χ4v) is 3.53. The van der Waals surface area contributed by atoms with Gasteiger partial charge in [0.1, 0.15) is 17.4 Å². The molecule has 3 aromatic rings. The molecule has 1 aromatic heterocycles. The maximum Gasteiger partial charge on any atom is 0.248 e. The molecule has 0 aliphatic rings. The summed E-state index contributed by atoms with van der Waals surface area (Å²) in [5, 5.41) is 16.0. The number of benzene rings is 2. The largest absolute Gasteiger partial charge is 0.489 e. The number of rotatable bonds is 12. The zero-order valence-electron chi connectivity index (χ0n) is 22.4. The van der Waals surface area contributed by atoms with E-state index in [1.807, 2.05) is 77.5 Å². The second-order valence-corrected chi connectivity index (χ2v) is 9.28. The van der Waals surface area contributed by atoms with E-state index in [1.54, 1.807) is 0 Å². The maximum absolute atomic E-state index is 12.0. The van der Waals surface area contributed by atoms with Crippen LogP contribution in [0.1, 0.15) is 25.0 Å². The average molecular weight is 515 g/mol. The molecule has 0 aliphatic carbocycles. The Balaban J connectivity index is 1.95.